The lowest BCUT2D eigenvalue weighted by molar-refractivity contribution is 0.0785. The molecule has 5 nitrogen and oxygen atoms in total. The quantitative estimate of drug-likeness (QED) is 0.455. The first kappa shape index (κ1) is 20.6. The molecule has 4 aromatic rings. The molecule has 4 rings (SSSR count). The first-order chi connectivity index (χ1) is 14.9. The van der Waals surface area contributed by atoms with Gasteiger partial charge in [-0.25, -0.2) is 4.39 Å². The maximum absolute atomic E-state index is 13.7. The Bertz CT molecular complexity index is 1230. The highest BCUT2D eigenvalue weighted by Crippen LogP contribution is 2.32. The summed E-state index contributed by atoms with van der Waals surface area (Å²) in [5.41, 5.74) is 3.87. The molecule has 0 saturated heterocycles. The molecular weight excluding hydrogens is 393 g/mol. The number of hydrogen-bond acceptors (Lipinski definition) is 3. The number of benzene rings is 3. The third kappa shape index (κ3) is 4.43. The maximum Gasteiger partial charge on any atom is 0.254 e. The van der Waals surface area contributed by atoms with Crippen LogP contribution in [0.4, 0.5) is 4.39 Å². The molecular formula is C25H24FN3O2. The number of rotatable bonds is 6. The molecule has 6 heteroatoms. The first-order valence-electron chi connectivity index (χ1n) is 10.2. The summed E-state index contributed by atoms with van der Waals surface area (Å²) >= 11 is 0. The largest absolute Gasteiger partial charge is 0.490 e. The Hall–Kier alpha value is -3.67. The molecule has 0 saturated carbocycles. The number of fused-ring (bicyclic) bond motifs is 1. The van der Waals surface area contributed by atoms with Crippen molar-refractivity contribution in [3.05, 3.63) is 83.8 Å². The second-order valence-corrected chi connectivity index (χ2v) is 7.80. The second-order valence-electron chi connectivity index (χ2n) is 7.80. The molecule has 1 aromatic heterocycles. The van der Waals surface area contributed by atoms with Gasteiger partial charge in [-0.2, -0.15) is 5.10 Å². The van der Waals surface area contributed by atoms with Crippen molar-refractivity contribution >= 4 is 16.8 Å². The van der Waals surface area contributed by atoms with Gasteiger partial charge >= 0.3 is 0 Å². The molecule has 0 aliphatic rings. The first-order valence-corrected chi connectivity index (χ1v) is 10.2. The van der Waals surface area contributed by atoms with Gasteiger partial charge in [-0.3, -0.25) is 9.89 Å². The number of nitrogens with one attached hydrogen (secondary N) is 1. The topological polar surface area (TPSA) is 58.2 Å². The van der Waals surface area contributed by atoms with Crippen LogP contribution in [0.3, 0.4) is 0 Å². The van der Waals surface area contributed by atoms with E-state index in [9.17, 15) is 9.18 Å². The molecule has 1 amide bonds. The summed E-state index contributed by atoms with van der Waals surface area (Å²) < 4.78 is 19.7. The van der Waals surface area contributed by atoms with Crippen molar-refractivity contribution in [2.75, 3.05) is 7.05 Å². The van der Waals surface area contributed by atoms with Gasteiger partial charge in [0.2, 0.25) is 0 Å². The number of nitrogens with zero attached hydrogens (tertiary/aromatic N) is 2. The van der Waals surface area contributed by atoms with Crippen LogP contribution in [0.5, 0.6) is 5.75 Å². The maximum atomic E-state index is 13.7. The lowest BCUT2D eigenvalue weighted by Crippen LogP contribution is -2.26. The molecule has 158 valence electrons. The third-order valence-electron chi connectivity index (χ3n) is 5.04. The normalized spacial score (nSPS) is 11.1. The minimum atomic E-state index is -0.319. The van der Waals surface area contributed by atoms with Gasteiger partial charge in [-0.1, -0.05) is 30.3 Å². The van der Waals surface area contributed by atoms with Crippen LogP contribution in [0.1, 0.15) is 29.8 Å². The smallest absolute Gasteiger partial charge is 0.254 e. The average Bonchev–Trinajstić information content (AvgIpc) is 3.22. The van der Waals surface area contributed by atoms with E-state index in [2.05, 4.69) is 10.2 Å². The van der Waals surface area contributed by atoms with E-state index >= 15 is 0 Å². The third-order valence-corrected chi connectivity index (χ3v) is 5.04. The molecule has 0 fully saturated rings. The van der Waals surface area contributed by atoms with Crippen LogP contribution in [-0.4, -0.2) is 34.2 Å². The molecule has 0 aliphatic heterocycles. The Morgan fingerprint density at radius 1 is 1.13 bits per heavy atom. The van der Waals surface area contributed by atoms with Crippen LogP contribution < -0.4 is 4.74 Å². The van der Waals surface area contributed by atoms with Gasteiger partial charge in [0.25, 0.3) is 5.91 Å². The van der Waals surface area contributed by atoms with Gasteiger partial charge in [0.15, 0.2) is 0 Å². The monoisotopic (exact) mass is 417 g/mol. The fourth-order valence-electron chi connectivity index (χ4n) is 3.61. The predicted octanol–water partition coefficient (Wildman–Crippen LogP) is 5.43. The van der Waals surface area contributed by atoms with Crippen molar-refractivity contribution in [2.45, 2.75) is 26.5 Å². The van der Waals surface area contributed by atoms with E-state index in [0.29, 0.717) is 23.4 Å². The summed E-state index contributed by atoms with van der Waals surface area (Å²) in [6.45, 7) is 4.27. The van der Waals surface area contributed by atoms with E-state index in [1.165, 1.54) is 12.1 Å². The van der Waals surface area contributed by atoms with E-state index in [4.69, 9.17) is 4.74 Å². The molecule has 31 heavy (non-hydrogen) atoms. The number of amides is 1. The van der Waals surface area contributed by atoms with Crippen LogP contribution in [0.25, 0.3) is 22.0 Å². The fourth-order valence-corrected chi connectivity index (χ4v) is 3.61. The second kappa shape index (κ2) is 8.60. The number of ether oxygens (including phenoxy) is 1. The van der Waals surface area contributed by atoms with Crippen molar-refractivity contribution in [2.24, 2.45) is 0 Å². The number of hydrogen-bond donors (Lipinski definition) is 1. The zero-order chi connectivity index (χ0) is 22.0. The molecule has 3 aromatic carbocycles. The van der Waals surface area contributed by atoms with E-state index in [-0.39, 0.29) is 17.8 Å². The summed E-state index contributed by atoms with van der Waals surface area (Å²) in [6, 6.07) is 17.5. The summed E-state index contributed by atoms with van der Waals surface area (Å²) in [7, 11) is 1.76. The van der Waals surface area contributed by atoms with Crippen molar-refractivity contribution < 1.29 is 13.9 Å². The Morgan fingerprint density at radius 3 is 2.71 bits per heavy atom. The van der Waals surface area contributed by atoms with Gasteiger partial charge in [0.05, 0.1) is 17.8 Å². The van der Waals surface area contributed by atoms with Crippen LogP contribution in [0.2, 0.25) is 0 Å². The van der Waals surface area contributed by atoms with Gasteiger partial charge in [0, 0.05) is 30.1 Å². The SMILES string of the molecule is CC(C)Oc1cc(C(=O)N(C)Cc2cccc3cn[nH]c23)ccc1-c1cccc(F)c1. The van der Waals surface area contributed by atoms with Gasteiger partial charge in [-0.15, -0.1) is 0 Å². The van der Waals surface area contributed by atoms with Crippen LogP contribution in [-0.2, 0) is 6.54 Å². The zero-order valence-corrected chi connectivity index (χ0v) is 17.7. The van der Waals surface area contributed by atoms with Crippen molar-refractivity contribution in [3.63, 3.8) is 0 Å². The Kier molecular flexibility index (Phi) is 5.71. The molecule has 0 aliphatic carbocycles. The molecule has 0 bridgehead atoms. The number of aromatic amines is 1. The number of halogens is 1. The molecule has 0 unspecified atom stereocenters. The summed E-state index contributed by atoms with van der Waals surface area (Å²) in [5, 5.41) is 8.08. The van der Waals surface area contributed by atoms with E-state index in [1.54, 1.807) is 36.3 Å². The Labute approximate surface area is 180 Å². The summed E-state index contributed by atoms with van der Waals surface area (Å²) in [4.78, 5) is 14.8. The zero-order valence-electron chi connectivity index (χ0n) is 17.7. The fraction of sp³-hybridized carbons (Fsp3) is 0.200. The lowest BCUT2D eigenvalue weighted by Gasteiger charge is -2.20. The van der Waals surface area contributed by atoms with Gasteiger partial charge < -0.3 is 9.64 Å². The number of para-hydroxylation sites is 1. The van der Waals surface area contributed by atoms with Crippen LogP contribution in [0.15, 0.2) is 66.9 Å². The lowest BCUT2D eigenvalue weighted by atomic mass is 10.0. The average molecular weight is 417 g/mol. The van der Waals surface area contributed by atoms with Crippen molar-refractivity contribution in [3.8, 4) is 16.9 Å². The van der Waals surface area contributed by atoms with E-state index < -0.39 is 0 Å². The molecule has 1 N–H and O–H groups in total. The molecule has 0 spiro atoms. The minimum absolute atomic E-state index is 0.0895. The molecule has 1 heterocycles. The summed E-state index contributed by atoms with van der Waals surface area (Å²) in [5.74, 6) is 0.104. The van der Waals surface area contributed by atoms with Crippen LogP contribution >= 0.6 is 0 Å². The highest BCUT2D eigenvalue weighted by molar-refractivity contribution is 5.95. The van der Waals surface area contributed by atoms with Crippen molar-refractivity contribution in [1.29, 1.82) is 0 Å². The number of aromatic nitrogens is 2. The highest BCUT2D eigenvalue weighted by atomic mass is 19.1. The molecule has 0 radical (unpaired) electrons. The van der Waals surface area contributed by atoms with Crippen molar-refractivity contribution in [1.82, 2.24) is 15.1 Å². The van der Waals surface area contributed by atoms with Gasteiger partial charge in [-0.05, 0) is 55.3 Å². The Morgan fingerprint density at radius 2 is 1.94 bits per heavy atom. The number of carbonyl (C=O) groups is 1. The summed E-state index contributed by atoms with van der Waals surface area (Å²) in [6.07, 6.45) is 1.68. The number of H-pyrrole nitrogens is 1. The van der Waals surface area contributed by atoms with Gasteiger partial charge in [0.1, 0.15) is 11.6 Å². The van der Waals surface area contributed by atoms with E-state index in [1.807, 2.05) is 44.2 Å². The molecule has 0 atom stereocenters. The Balaban J connectivity index is 1.63. The number of carbonyl (C=O) groups excluding carboxylic acids is 1. The standard InChI is InChI=1S/C25H24FN3O2/c1-16(2)31-23-13-18(10-11-22(23)17-6-5-9-21(26)12-17)25(30)29(3)15-20-8-4-7-19-14-27-28-24(19)20/h4-14,16H,15H2,1-3H3,(H,27,28). The highest BCUT2D eigenvalue weighted by Gasteiger charge is 2.17. The predicted molar refractivity (Wildman–Crippen MR) is 119 cm³/mol. The van der Waals surface area contributed by atoms with Crippen LogP contribution in [0, 0.1) is 5.82 Å². The minimum Gasteiger partial charge on any atom is -0.490 e. The van der Waals surface area contributed by atoms with E-state index in [0.717, 1.165) is 22.0 Å².